The van der Waals surface area contributed by atoms with E-state index in [2.05, 4.69) is 32.6 Å². The minimum Gasteiger partial charge on any atom is -0.497 e. The molecule has 1 N–H and O–H groups in total. The number of nitrogens with one attached hydrogen (secondary N) is 1. The van der Waals surface area contributed by atoms with Crippen LogP contribution in [0.4, 0.5) is 10.8 Å². The largest absolute Gasteiger partial charge is 0.497 e. The van der Waals surface area contributed by atoms with Crippen molar-refractivity contribution in [3.8, 4) is 11.5 Å². The van der Waals surface area contributed by atoms with Crippen LogP contribution in [0.5, 0.6) is 11.5 Å². The molecule has 6 nitrogen and oxygen atoms in total. The summed E-state index contributed by atoms with van der Waals surface area (Å²) >= 11 is 1.65. The van der Waals surface area contributed by atoms with Gasteiger partial charge in [-0.2, -0.15) is 0 Å². The molecule has 1 aromatic heterocycles. The van der Waals surface area contributed by atoms with E-state index in [0.29, 0.717) is 0 Å². The lowest BCUT2D eigenvalue weighted by molar-refractivity contribution is 0.121. The third-order valence-electron chi connectivity index (χ3n) is 5.31. The minimum atomic E-state index is 0.853. The number of hydrogen-bond donors (Lipinski definition) is 1. The van der Waals surface area contributed by atoms with E-state index >= 15 is 0 Å². The first kappa shape index (κ1) is 20.7. The molecule has 0 aliphatic carbocycles. The van der Waals surface area contributed by atoms with Gasteiger partial charge in [-0.15, -0.1) is 11.3 Å². The Labute approximate surface area is 182 Å². The molecule has 0 bridgehead atoms. The number of piperazine rings is 1. The van der Waals surface area contributed by atoms with Crippen LogP contribution >= 0.6 is 11.3 Å². The Morgan fingerprint density at radius 3 is 2.00 bits per heavy atom. The molecular formula is C23H28N4O2S. The van der Waals surface area contributed by atoms with Crippen LogP contribution in [0.25, 0.3) is 0 Å². The average Bonchev–Trinajstić information content (AvgIpc) is 3.23. The molecule has 7 heteroatoms. The van der Waals surface area contributed by atoms with Crippen molar-refractivity contribution in [3.05, 3.63) is 65.2 Å². The molecule has 0 amide bonds. The van der Waals surface area contributed by atoms with E-state index in [9.17, 15) is 0 Å². The zero-order valence-corrected chi connectivity index (χ0v) is 18.3. The second kappa shape index (κ2) is 9.93. The summed E-state index contributed by atoms with van der Waals surface area (Å²) in [7, 11) is 3.38. The van der Waals surface area contributed by atoms with Crippen LogP contribution in [0.1, 0.15) is 11.3 Å². The highest BCUT2D eigenvalue weighted by Gasteiger charge is 2.18. The fourth-order valence-corrected chi connectivity index (χ4v) is 4.28. The minimum absolute atomic E-state index is 0.853. The maximum absolute atomic E-state index is 5.24. The van der Waals surface area contributed by atoms with Crippen molar-refractivity contribution < 1.29 is 9.47 Å². The van der Waals surface area contributed by atoms with Gasteiger partial charge in [0.15, 0.2) is 5.13 Å². The SMILES string of the molecule is COc1ccc(CN2CCN(Cc3csc(Nc4ccc(OC)cc4)n3)CC2)cc1. The zero-order valence-electron chi connectivity index (χ0n) is 17.5. The first-order valence-corrected chi connectivity index (χ1v) is 11.0. The second-order valence-corrected chi connectivity index (χ2v) is 8.26. The fraction of sp³-hybridized carbons (Fsp3) is 0.348. The van der Waals surface area contributed by atoms with Gasteiger partial charge < -0.3 is 14.8 Å². The van der Waals surface area contributed by atoms with E-state index < -0.39 is 0 Å². The van der Waals surface area contributed by atoms with E-state index in [1.165, 1.54) is 5.56 Å². The van der Waals surface area contributed by atoms with Crippen molar-refractivity contribution in [3.63, 3.8) is 0 Å². The van der Waals surface area contributed by atoms with Gasteiger partial charge in [-0.05, 0) is 42.0 Å². The van der Waals surface area contributed by atoms with Gasteiger partial charge >= 0.3 is 0 Å². The predicted octanol–water partition coefficient (Wildman–Crippen LogP) is 4.22. The van der Waals surface area contributed by atoms with Gasteiger partial charge in [0.2, 0.25) is 0 Å². The van der Waals surface area contributed by atoms with Gasteiger partial charge in [-0.25, -0.2) is 4.98 Å². The molecule has 1 saturated heterocycles. The Balaban J connectivity index is 1.23. The molecule has 158 valence electrons. The summed E-state index contributed by atoms with van der Waals surface area (Å²) in [6.45, 7) is 6.17. The van der Waals surface area contributed by atoms with Gasteiger partial charge in [0.25, 0.3) is 0 Å². The normalized spacial score (nSPS) is 15.1. The van der Waals surface area contributed by atoms with Crippen LogP contribution in [-0.2, 0) is 13.1 Å². The maximum Gasteiger partial charge on any atom is 0.187 e. The second-order valence-electron chi connectivity index (χ2n) is 7.40. The van der Waals surface area contributed by atoms with Crippen LogP contribution < -0.4 is 14.8 Å². The van der Waals surface area contributed by atoms with E-state index in [1.807, 2.05) is 36.4 Å². The third kappa shape index (κ3) is 5.50. The lowest BCUT2D eigenvalue weighted by Gasteiger charge is -2.34. The molecule has 0 radical (unpaired) electrons. The van der Waals surface area contributed by atoms with E-state index in [1.54, 1.807) is 25.6 Å². The smallest absolute Gasteiger partial charge is 0.187 e. The highest BCUT2D eigenvalue weighted by Crippen LogP contribution is 2.24. The Morgan fingerprint density at radius 1 is 0.833 bits per heavy atom. The van der Waals surface area contributed by atoms with Crippen molar-refractivity contribution in [2.45, 2.75) is 13.1 Å². The van der Waals surface area contributed by atoms with Crippen LogP contribution in [0.2, 0.25) is 0 Å². The number of anilines is 2. The number of rotatable bonds is 8. The summed E-state index contributed by atoms with van der Waals surface area (Å²) in [6, 6.07) is 16.3. The molecule has 3 aromatic rings. The molecule has 4 rings (SSSR count). The average molecular weight is 425 g/mol. The monoisotopic (exact) mass is 424 g/mol. The molecule has 0 saturated carbocycles. The number of aromatic nitrogens is 1. The van der Waals surface area contributed by atoms with Gasteiger partial charge in [0, 0.05) is 50.3 Å². The summed E-state index contributed by atoms with van der Waals surface area (Å²) in [6.07, 6.45) is 0. The van der Waals surface area contributed by atoms with Gasteiger partial charge in [0.1, 0.15) is 11.5 Å². The van der Waals surface area contributed by atoms with E-state index in [4.69, 9.17) is 14.5 Å². The van der Waals surface area contributed by atoms with Crippen molar-refractivity contribution in [1.29, 1.82) is 0 Å². The van der Waals surface area contributed by atoms with Gasteiger partial charge in [-0.3, -0.25) is 9.80 Å². The number of hydrogen-bond acceptors (Lipinski definition) is 7. The molecule has 1 aliphatic rings. The molecule has 0 unspecified atom stereocenters. The number of benzene rings is 2. The molecule has 1 aliphatic heterocycles. The lowest BCUT2D eigenvalue weighted by atomic mass is 10.2. The molecule has 0 spiro atoms. The van der Waals surface area contributed by atoms with Gasteiger partial charge in [-0.1, -0.05) is 12.1 Å². The number of nitrogens with zero attached hydrogens (tertiary/aromatic N) is 3. The molecule has 2 heterocycles. The van der Waals surface area contributed by atoms with Crippen LogP contribution in [0.15, 0.2) is 53.9 Å². The Bertz CT molecular complexity index is 919. The van der Waals surface area contributed by atoms with Crippen molar-refractivity contribution in [2.24, 2.45) is 0 Å². The molecule has 2 aromatic carbocycles. The van der Waals surface area contributed by atoms with E-state index in [0.717, 1.165) is 67.3 Å². The van der Waals surface area contributed by atoms with Crippen molar-refractivity contribution in [1.82, 2.24) is 14.8 Å². The van der Waals surface area contributed by atoms with E-state index in [-0.39, 0.29) is 0 Å². The quantitative estimate of drug-likeness (QED) is 0.584. The number of thiazole rings is 1. The molecule has 0 atom stereocenters. The molecule has 30 heavy (non-hydrogen) atoms. The Kier molecular flexibility index (Phi) is 6.84. The summed E-state index contributed by atoms with van der Waals surface area (Å²) in [5.74, 6) is 1.76. The molecular weight excluding hydrogens is 396 g/mol. The number of ether oxygens (including phenoxy) is 2. The summed E-state index contributed by atoms with van der Waals surface area (Å²) in [5, 5.41) is 6.44. The predicted molar refractivity (Wildman–Crippen MR) is 122 cm³/mol. The summed E-state index contributed by atoms with van der Waals surface area (Å²) in [4.78, 5) is 9.75. The maximum atomic E-state index is 5.24. The topological polar surface area (TPSA) is 49.9 Å². The van der Waals surface area contributed by atoms with Crippen LogP contribution in [0, 0.1) is 0 Å². The zero-order chi connectivity index (χ0) is 20.8. The van der Waals surface area contributed by atoms with Gasteiger partial charge in [0.05, 0.1) is 19.9 Å². The van der Waals surface area contributed by atoms with Crippen molar-refractivity contribution in [2.75, 3.05) is 45.7 Å². The van der Waals surface area contributed by atoms with Crippen molar-refractivity contribution >= 4 is 22.2 Å². The highest BCUT2D eigenvalue weighted by atomic mass is 32.1. The first-order chi connectivity index (χ1) is 14.7. The highest BCUT2D eigenvalue weighted by molar-refractivity contribution is 7.13. The lowest BCUT2D eigenvalue weighted by Crippen LogP contribution is -2.45. The third-order valence-corrected chi connectivity index (χ3v) is 6.12. The summed E-state index contributed by atoms with van der Waals surface area (Å²) < 4.78 is 10.4. The van der Waals surface area contributed by atoms with Crippen LogP contribution in [-0.4, -0.2) is 55.2 Å². The Hall–Kier alpha value is -2.61. The summed E-state index contributed by atoms with van der Waals surface area (Å²) in [5.41, 5.74) is 3.47. The molecule has 1 fully saturated rings. The number of methoxy groups -OCH3 is 2. The fourth-order valence-electron chi connectivity index (χ4n) is 3.56. The standard InChI is InChI=1S/C23H28N4O2S/c1-28-21-7-3-18(4-8-21)15-26-11-13-27(14-12-26)16-20-17-30-23(25-20)24-19-5-9-22(29-2)10-6-19/h3-10,17H,11-16H2,1-2H3,(H,24,25). The van der Waals surface area contributed by atoms with Crippen LogP contribution in [0.3, 0.4) is 0 Å². The first-order valence-electron chi connectivity index (χ1n) is 10.1. The Morgan fingerprint density at radius 2 is 1.40 bits per heavy atom.